The van der Waals surface area contributed by atoms with E-state index in [9.17, 15) is 39.6 Å². The molecular formula is C45H82N12O13. The number of nitrogens with one attached hydrogen (secondary N) is 6. The number of hydrogen-bond acceptors (Lipinski definition) is 21. The Morgan fingerprint density at radius 3 is 1.76 bits per heavy atom. The van der Waals surface area contributed by atoms with Crippen LogP contribution >= 0.6 is 0 Å². The molecule has 0 aromatic heterocycles. The van der Waals surface area contributed by atoms with Crippen molar-refractivity contribution in [3.8, 4) is 0 Å². The number of alkyl carbamates (subject to hydrolysis) is 3. The Morgan fingerprint density at radius 2 is 1.27 bits per heavy atom. The highest BCUT2D eigenvalue weighted by Gasteiger charge is 2.64. The van der Waals surface area contributed by atoms with Gasteiger partial charge in [-0.25, -0.2) is 19.2 Å². The second-order valence-electron chi connectivity index (χ2n) is 19.5. The Bertz CT molecular complexity index is 1800. The van der Waals surface area contributed by atoms with Gasteiger partial charge in [0.2, 0.25) is 0 Å². The molecule has 400 valence electrons. The molecule has 0 bridgehead atoms. The smallest absolute Gasteiger partial charge is 0.415 e. The van der Waals surface area contributed by atoms with Gasteiger partial charge in [0.25, 0.3) is 0 Å². The summed E-state index contributed by atoms with van der Waals surface area (Å²) >= 11 is 0. The van der Waals surface area contributed by atoms with Crippen molar-refractivity contribution in [2.24, 2.45) is 17.2 Å². The maximum absolute atomic E-state index is 12.2. The van der Waals surface area contributed by atoms with Crippen molar-refractivity contribution < 1.29 is 63.3 Å². The van der Waals surface area contributed by atoms with E-state index < -0.39 is 83.4 Å². The zero-order valence-electron chi connectivity index (χ0n) is 41.9. The quantitative estimate of drug-likeness (QED) is 0.0621. The summed E-state index contributed by atoms with van der Waals surface area (Å²) in [6.07, 6.45) is 2.63. The van der Waals surface area contributed by atoms with Crippen molar-refractivity contribution in [2.75, 3.05) is 59.3 Å². The maximum atomic E-state index is 12.2. The monoisotopic (exact) mass is 999 g/mol. The number of cyclic esters (lactones) is 1. The summed E-state index contributed by atoms with van der Waals surface area (Å²) in [5.74, 6) is 1.03. The number of amides is 4. The van der Waals surface area contributed by atoms with Crippen LogP contribution in [0, 0.1) is 0 Å². The molecule has 0 spiro atoms. The lowest BCUT2D eigenvalue weighted by atomic mass is 9.89. The number of nitrogens with two attached hydrogens (primary N) is 3. The van der Waals surface area contributed by atoms with Gasteiger partial charge in [0.15, 0.2) is 11.4 Å². The highest BCUT2D eigenvalue weighted by Crippen LogP contribution is 2.43. The minimum absolute atomic E-state index is 0.0883. The Labute approximate surface area is 411 Å². The standard InChI is InChI=1S/C23H42N6O6.C12H18N4O4.C6H14N2O2.C4H8O/c1-15(24)27-19-17(28-16(2)29-13-10-18(30)23(19,29)33)14-34-20(31)25-11-8-6-7-9-12-26-21(32)35-22(3,4)5;1-6(13)14-10-8-5-20-11(18)16(8)7(2)15-4-3-9(17)12(10,15)19;1-6(2,3)10-5(9)8-4-7;1-2-4-5-3-1/h17-19,27-28,30,33H,1-2,6-14,24H2,3-5H3,(H,25,31)(H,26,32);8-10,14,17,19H,1-5,13H2;4,7H2,1-3H3,(H,8,9);1-4H2/t17?,18-,19-,23-;8?,9-,10-,12-;;/m00../s1. The molecule has 0 aromatic rings. The van der Waals surface area contributed by atoms with Gasteiger partial charge in [-0.05, 0) is 80.1 Å². The number of rotatable bonds is 14. The third-order valence-electron chi connectivity index (χ3n) is 11.6. The van der Waals surface area contributed by atoms with Crippen LogP contribution < -0.4 is 49.1 Å². The molecule has 8 atom stereocenters. The van der Waals surface area contributed by atoms with Gasteiger partial charge >= 0.3 is 24.4 Å². The minimum Gasteiger partial charge on any atom is -0.447 e. The fourth-order valence-electron chi connectivity index (χ4n) is 8.52. The largest absolute Gasteiger partial charge is 0.447 e. The molecule has 0 saturated carbocycles. The number of aliphatic hydroxyl groups excluding tert-OH is 2. The molecule has 6 fully saturated rings. The second-order valence-corrected chi connectivity index (χ2v) is 19.5. The predicted octanol–water partition coefficient (Wildman–Crippen LogP) is 0.0434. The zero-order valence-corrected chi connectivity index (χ0v) is 41.9. The molecule has 0 radical (unpaired) electrons. The molecule has 2 unspecified atom stereocenters. The number of carbonyl (C=O) groups is 4. The van der Waals surface area contributed by atoms with Crippen molar-refractivity contribution in [3.63, 3.8) is 0 Å². The number of nitrogens with zero attached hydrogens (tertiary/aromatic N) is 3. The molecule has 70 heavy (non-hydrogen) atoms. The molecule has 0 aromatic carbocycles. The van der Waals surface area contributed by atoms with Crippen LogP contribution in [0.3, 0.4) is 0 Å². The van der Waals surface area contributed by atoms with Crippen molar-refractivity contribution in [1.82, 2.24) is 46.6 Å². The van der Waals surface area contributed by atoms with Crippen molar-refractivity contribution in [1.29, 1.82) is 0 Å². The first-order valence-electron chi connectivity index (χ1n) is 23.7. The van der Waals surface area contributed by atoms with E-state index in [2.05, 4.69) is 58.2 Å². The first-order valence-corrected chi connectivity index (χ1v) is 23.7. The van der Waals surface area contributed by atoms with Crippen LogP contribution in [0.25, 0.3) is 0 Å². The van der Waals surface area contributed by atoms with E-state index >= 15 is 0 Å². The van der Waals surface area contributed by atoms with Crippen molar-refractivity contribution in [3.05, 3.63) is 49.6 Å². The van der Waals surface area contributed by atoms with Crippen LogP contribution in [-0.4, -0.2) is 178 Å². The number of unbranched alkanes of at least 4 members (excludes halogenated alkanes) is 3. The van der Waals surface area contributed by atoms with E-state index in [0.29, 0.717) is 50.7 Å². The van der Waals surface area contributed by atoms with Gasteiger partial charge in [0.1, 0.15) is 60.6 Å². The Morgan fingerprint density at radius 1 is 0.786 bits per heavy atom. The number of fused-ring (bicyclic) bond motifs is 3. The van der Waals surface area contributed by atoms with E-state index in [-0.39, 0.29) is 31.5 Å². The summed E-state index contributed by atoms with van der Waals surface area (Å²) in [6, 6.07) is -2.59. The van der Waals surface area contributed by atoms with E-state index in [1.165, 1.54) is 22.6 Å². The molecule has 6 aliphatic rings. The molecule has 6 heterocycles. The number of aliphatic hydroxyl groups is 4. The first-order chi connectivity index (χ1) is 32.7. The summed E-state index contributed by atoms with van der Waals surface area (Å²) < 4.78 is 25.3. The molecule has 4 amide bonds. The van der Waals surface area contributed by atoms with Gasteiger partial charge in [-0.2, -0.15) is 0 Å². The fraction of sp³-hybridized carbons (Fsp3) is 0.733. The summed E-state index contributed by atoms with van der Waals surface area (Å²) in [5, 5.41) is 59.5. The predicted molar refractivity (Wildman–Crippen MR) is 258 cm³/mol. The molecule has 0 aliphatic carbocycles. The zero-order chi connectivity index (χ0) is 52.6. The number of ether oxygens (including phenoxy) is 5. The molecule has 6 rings (SSSR count). The lowest BCUT2D eigenvalue weighted by molar-refractivity contribution is -0.181. The molecule has 6 saturated heterocycles. The summed E-state index contributed by atoms with van der Waals surface area (Å²) in [6.45, 7) is 29.7. The topological polar surface area (TPSA) is 355 Å². The van der Waals surface area contributed by atoms with Crippen LogP contribution in [0.4, 0.5) is 19.2 Å². The van der Waals surface area contributed by atoms with Gasteiger partial charge in [-0.3, -0.25) is 4.90 Å². The normalized spacial score (nSPS) is 27.4. The summed E-state index contributed by atoms with van der Waals surface area (Å²) in [7, 11) is 0. The average molecular weight is 999 g/mol. The molecular weight excluding hydrogens is 917 g/mol. The van der Waals surface area contributed by atoms with Crippen LogP contribution in [-0.2, 0) is 23.7 Å². The van der Waals surface area contributed by atoms with E-state index in [1.54, 1.807) is 25.7 Å². The van der Waals surface area contributed by atoms with Gasteiger partial charge < -0.3 is 103 Å². The lowest BCUT2D eigenvalue weighted by Gasteiger charge is -2.52. The molecule has 25 nitrogen and oxygen atoms in total. The van der Waals surface area contributed by atoms with Crippen LogP contribution in [0.1, 0.15) is 92.9 Å². The first kappa shape index (κ1) is 58.7. The molecule has 16 N–H and O–H groups in total. The van der Waals surface area contributed by atoms with E-state index in [4.69, 9.17) is 40.9 Å². The number of hydrogen-bond donors (Lipinski definition) is 13. The minimum atomic E-state index is -1.66. The SMILES string of the molecule is C1CCOC1.C=C(N)N[C@H]1C(COC(=O)NCCCCCCNC(=O)OC(C)(C)C)NC(=C)N2CC[C@H](O)[C@]12O.C=C(N)N[C@H]1C2COC(=O)N2C(=C)N2CC[C@H](O)[C@]12O.CC(C)(C)OC(=O)NCN. The molecule has 25 heteroatoms. The molecule has 6 aliphatic heterocycles. The van der Waals surface area contributed by atoms with Gasteiger partial charge in [0, 0.05) is 39.4 Å². The Kier molecular flexibility index (Phi) is 21.8. The highest BCUT2D eigenvalue weighted by atomic mass is 16.6. The third kappa shape index (κ3) is 16.5. The summed E-state index contributed by atoms with van der Waals surface area (Å²) in [4.78, 5) is 50.7. The highest BCUT2D eigenvalue weighted by molar-refractivity contribution is 5.73. The van der Waals surface area contributed by atoms with Gasteiger partial charge in [0.05, 0.1) is 30.2 Å². The van der Waals surface area contributed by atoms with Gasteiger partial charge in [-0.15, -0.1) is 0 Å². The van der Waals surface area contributed by atoms with E-state index in [1.807, 2.05) is 20.8 Å². The Hall–Kier alpha value is -5.60. The fourth-order valence-corrected chi connectivity index (χ4v) is 8.52. The second kappa shape index (κ2) is 26.0. The van der Waals surface area contributed by atoms with Crippen molar-refractivity contribution >= 4 is 24.4 Å². The summed E-state index contributed by atoms with van der Waals surface area (Å²) in [5.41, 5.74) is 12.1. The lowest BCUT2D eigenvalue weighted by Crippen LogP contribution is -2.74. The Balaban J connectivity index is 0.000000305. The van der Waals surface area contributed by atoms with Crippen LogP contribution in [0.2, 0.25) is 0 Å². The van der Waals surface area contributed by atoms with E-state index in [0.717, 1.165) is 38.9 Å². The van der Waals surface area contributed by atoms with Gasteiger partial charge in [-0.1, -0.05) is 39.2 Å². The number of carbonyl (C=O) groups excluding carboxylic acids is 4. The van der Waals surface area contributed by atoms with Crippen LogP contribution in [0.5, 0.6) is 0 Å². The van der Waals surface area contributed by atoms with Crippen LogP contribution in [0.15, 0.2) is 49.6 Å². The average Bonchev–Trinajstić information content (AvgIpc) is 4.07. The maximum Gasteiger partial charge on any atom is 0.415 e. The third-order valence-corrected chi connectivity index (χ3v) is 11.6. The van der Waals surface area contributed by atoms with Crippen molar-refractivity contribution in [2.45, 2.75) is 152 Å².